The van der Waals surface area contributed by atoms with Crippen LogP contribution in [0.1, 0.15) is 18.9 Å². The summed E-state index contributed by atoms with van der Waals surface area (Å²) in [7, 11) is 0. The van der Waals surface area contributed by atoms with Gasteiger partial charge in [-0.05, 0) is 31.5 Å². The number of hydrogen-bond acceptors (Lipinski definition) is 4. The molecule has 2 atom stereocenters. The van der Waals surface area contributed by atoms with Gasteiger partial charge in [-0.15, -0.1) is 0 Å². The van der Waals surface area contributed by atoms with Gasteiger partial charge < -0.3 is 15.8 Å². The van der Waals surface area contributed by atoms with Crippen LogP contribution in [-0.4, -0.2) is 19.3 Å². The minimum Gasteiger partial charge on any atom is -0.398 e. The van der Waals surface area contributed by atoms with Crippen LogP contribution < -0.4 is 11.1 Å². The molecule has 2 unspecified atom stereocenters. The van der Waals surface area contributed by atoms with Gasteiger partial charge in [-0.25, -0.2) is 0 Å². The van der Waals surface area contributed by atoms with Crippen LogP contribution in [0.15, 0.2) is 18.2 Å². The van der Waals surface area contributed by atoms with Gasteiger partial charge in [-0.1, -0.05) is 0 Å². The zero-order valence-corrected chi connectivity index (χ0v) is 9.94. The largest absolute Gasteiger partial charge is 0.398 e. The van der Waals surface area contributed by atoms with Crippen molar-refractivity contribution >= 4 is 11.4 Å². The van der Waals surface area contributed by atoms with Crippen LogP contribution in [0, 0.1) is 17.2 Å². The fraction of sp³-hybridized carbons (Fsp3) is 0.462. The molecule has 3 N–H and O–H groups in total. The van der Waals surface area contributed by atoms with Crippen molar-refractivity contribution in [2.75, 3.05) is 24.3 Å². The molecule has 0 spiro atoms. The molecule has 0 bridgehead atoms. The fourth-order valence-electron chi connectivity index (χ4n) is 2.07. The maximum Gasteiger partial charge on any atom is 0.101 e. The molecule has 4 nitrogen and oxygen atoms in total. The lowest BCUT2D eigenvalue weighted by molar-refractivity contribution is 0.183. The molecule has 1 aromatic rings. The first-order valence-electron chi connectivity index (χ1n) is 5.84. The second-order valence-electron chi connectivity index (χ2n) is 4.47. The standard InChI is InChI=1S/C13H17N3O/c1-9(10-4-5-17-8-10)16-12-2-3-13(15)11(6-12)7-14/h2-3,6,9-10,16H,4-5,8,15H2,1H3. The maximum atomic E-state index is 8.91. The fourth-order valence-corrected chi connectivity index (χ4v) is 2.07. The highest BCUT2D eigenvalue weighted by molar-refractivity contribution is 5.62. The number of anilines is 2. The summed E-state index contributed by atoms with van der Waals surface area (Å²) in [4.78, 5) is 0. The second kappa shape index (κ2) is 5.07. The van der Waals surface area contributed by atoms with Crippen LogP contribution in [0.25, 0.3) is 0 Å². The van der Waals surface area contributed by atoms with Crippen LogP contribution in [0.3, 0.4) is 0 Å². The van der Waals surface area contributed by atoms with E-state index < -0.39 is 0 Å². The topological polar surface area (TPSA) is 71.1 Å². The highest BCUT2D eigenvalue weighted by Gasteiger charge is 2.22. The van der Waals surface area contributed by atoms with E-state index in [9.17, 15) is 0 Å². The van der Waals surface area contributed by atoms with Gasteiger partial charge in [-0.2, -0.15) is 5.26 Å². The third-order valence-electron chi connectivity index (χ3n) is 3.24. The first-order valence-corrected chi connectivity index (χ1v) is 5.84. The Balaban J connectivity index is 2.05. The summed E-state index contributed by atoms with van der Waals surface area (Å²) in [6, 6.07) is 7.89. The SMILES string of the molecule is CC(Nc1ccc(N)c(C#N)c1)C1CCOC1. The van der Waals surface area contributed by atoms with Crippen molar-refractivity contribution in [1.29, 1.82) is 5.26 Å². The summed E-state index contributed by atoms with van der Waals surface area (Å²) in [5.74, 6) is 0.540. The summed E-state index contributed by atoms with van der Waals surface area (Å²) in [6.45, 7) is 3.80. The van der Waals surface area contributed by atoms with E-state index >= 15 is 0 Å². The molecule has 1 aliphatic rings. The Morgan fingerprint density at radius 3 is 3.06 bits per heavy atom. The zero-order chi connectivity index (χ0) is 12.3. The molecule has 1 aromatic carbocycles. The van der Waals surface area contributed by atoms with Gasteiger partial charge in [0.2, 0.25) is 0 Å². The van der Waals surface area contributed by atoms with Crippen molar-refractivity contribution < 1.29 is 4.74 Å². The Morgan fingerprint density at radius 1 is 1.59 bits per heavy atom. The molecular formula is C13H17N3O. The summed E-state index contributed by atoms with van der Waals surface area (Å²) in [5, 5.41) is 12.3. The van der Waals surface area contributed by atoms with E-state index in [4.69, 9.17) is 15.7 Å². The molecule has 17 heavy (non-hydrogen) atoms. The quantitative estimate of drug-likeness (QED) is 0.780. The highest BCUT2D eigenvalue weighted by Crippen LogP contribution is 2.22. The first kappa shape index (κ1) is 11.7. The molecule has 0 radical (unpaired) electrons. The molecule has 0 amide bonds. The smallest absolute Gasteiger partial charge is 0.101 e. The van der Waals surface area contributed by atoms with Crippen LogP contribution >= 0.6 is 0 Å². The Hall–Kier alpha value is -1.73. The number of rotatable bonds is 3. The number of ether oxygens (including phenoxy) is 1. The van der Waals surface area contributed by atoms with Crippen molar-refractivity contribution in [1.82, 2.24) is 0 Å². The molecule has 0 aromatic heterocycles. The molecular weight excluding hydrogens is 214 g/mol. The third kappa shape index (κ3) is 2.69. The first-order chi connectivity index (χ1) is 8.20. The predicted octanol–water partition coefficient (Wildman–Crippen LogP) is 1.98. The van der Waals surface area contributed by atoms with E-state index in [0.29, 0.717) is 23.2 Å². The van der Waals surface area contributed by atoms with Crippen molar-refractivity contribution in [3.8, 4) is 6.07 Å². The minimum atomic E-state index is 0.340. The van der Waals surface area contributed by atoms with E-state index in [-0.39, 0.29) is 0 Å². The number of nitrogens with zero attached hydrogens (tertiary/aromatic N) is 1. The van der Waals surface area contributed by atoms with Gasteiger partial charge in [0.15, 0.2) is 0 Å². The van der Waals surface area contributed by atoms with E-state index in [1.165, 1.54) is 0 Å². The summed E-state index contributed by atoms with van der Waals surface area (Å²) < 4.78 is 5.37. The molecule has 1 aliphatic heterocycles. The lowest BCUT2D eigenvalue weighted by Gasteiger charge is -2.20. The van der Waals surface area contributed by atoms with Crippen molar-refractivity contribution in [2.45, 2.75) is 19.4 Å². The van der Waals surface area contributed by atoms with Gasteiger partial charge in [0.1, 0.15) is 6.07 Å². The second-order valence-corrected chi connectivity index (χ2v) is 4.47. The van der Waals surface area contributed by atoms with Crippen LogP contribution in [0.5, 0.6) is 0 Å². The summed E-state index contributed by atoms with van der Waals surface area (Å²) in [5.41, 5.74) is 7.66. The van der Waals surface area contributed by atoms with Crippen LogP contribution in [-0.2, 0) is 4.74 Å². The van der Waals surface area contributed by atoms with E-state index in [1.54, 1.807) is 12.1 Å². The zero-order valence-electron chi connectivity index (χ0n) is 9.94. The Labute approximate surface area is 101 Å². The minimum absolute atomic E-state index is 0.340. The lowest BCUT2D eigenvalue weighted by Crippen LogP contribution is -2.26. The molecule has 0 aliphatic carbocycles. The number of hydrogen-bond donors (Lipinski definition) is 2. The van der Waals surface area contributed by atoms with Crippen molar-refractivity contribution in [3.63, 3.8) is 0 Å². The number of benzene rings is 1. The number of nitrogens with two attached hydrogens (primary N) is 1. The maximum absolute atomic E-state index is 8.91. The Morgan fingerprint density at radius 2 is 2.41 bits per heavy atom. The number of nitrogen functional groups attached to an aromatic ring is 1. The van der Waals surface area contributed by atoms with Crippen molar-refractivity contribution in [3.05, 3.63) is 23.8 Å². The van der Waals surface area contributed by atoms with Crippen molar-refractivity contribution in [2.24, 2.45) is 5.92 Å². The van der Waals surface area contributed by atoms with Gasteiger partial charge in [0.05, 0.1) is 12.2 Å². The van der Waals surface area contributed by atoms with Gasteiger partial charge in [0, 0.05) is 29.9 Å². The Kier molecular flexibility index (Phi) is 3.50. The molecule has 1 saturated heterocycles. The average molecular weight is 231 g/mol. The highest BCUT2D eigenvalue weighted by atomic mass is 16.5. The Bertz CT molecular complexity index is 433. The third-order valence-corrected chi connectivity index (χ3v) is 3.24. The molecule has 1 heterocycles. The summed E-state index contributed by atoms with van der Waals surface area (Å²) >= 11 is 0. The molecule has 0 saturated carbocycles. The monoisotopic (exact) mass is 231 g/mol. The van der Waals surface area contributed by atoms with Gasteiger partial charge in [0.25, 0.3) is 0 Å². The molecule has 1 fully saturated rings. The number of nitrogens with one attached hydrogen (secondary N) is 1. The lowest BCUT2D eigenvalue weighted by atomic mass is 10.0. The predicted molar refractivity (Wildman–Crippen MR) is 67.6 cm³/mol. The van der Waals surface area contributed by atoms with Gasteiger partial charge >= 0.3 is 0 Å². The molecule has 90 valence electrons. The van der Waals surface area contributed by atoms with E-state index in [2.05, 4.69) is 18.3 Å². The van der Waals surface area contributed by atoms with E-state index in [1.807, 2.05) is 6.07 Å². The molecule has 2 rings (SSSR count). The van der Waals surface area contributed by atoms with E-state index in [0.717, 1.165) is 25.3 Å². The molecule has 4 heteroatoms. The van der Waals surface area contributed by atoms with Crippen LogP contribution in [0.2, 0.25) is 0 Å². The summed E-state index contributed by atoms with van der Waals surface area (Å²) in [6.07, 6.45) is 1.09. The number of nitriles is 1. The average Bonchev–Trinajstić information content (AvgIpc) is 2.85. The van der Waals surface area contributed by atoms with Gasteiger partial charge in [-0.3, -0.25) is 0 Å². The normalized spacial score (nSPS) is 20.8. The van der Waals surface area contributed by atoms with Crippen LogP contribution in [0.4, 0.5) is 11.4 Å².